The van der Waals surface area contributed by atoms with Crippen LogP contribution in [0.1, 0.15) is 20.7 Å². The average molecular weight is 482 g/mol. The molecule has 1 saturated heterocycles. The maximum atomic E-state index is 12.9. The molecule has 3 aromatic rings. The number of hydrogen-bond acceptors (Lipinski definition) is 5. The molecule has 5 rings (SSSR count). The Kier molecular flexibility index (Phi) is 5.81. The number of carbonyl (C=O) groups is 2. The van der Waals surface area contributed by atoms with E-state index in [-0.39, 0.29) is 11.6 Å². The van der Waals surface area contributed by atoms with Crippen LogP contribution in [0.25, 0.3) is 11.1 Å². The Morgan fingerprint density at radius 2 is 1.60 bits per heavy atom. The Hall–Kier alpha value is -4.05. The summed E-state index contributed by atoms with van der Waals surface area (Å²) in [6.45, 7) is 2.79. The van der Waals surface area contributed by atoms with Crippen LogP contribution in [0.5, 0.6) is 5.75 Å². The first kappa shape index (κ1) is 22.7. The number of carbonyl (C=O) groups excluding carboxylic acids is 2. The van der Waals surface area contributed by atoms with Crippen LogP contribution in [0, 0.1) is 0 Å². The fraction of sp³-hybridized carbons (Fsp3) is 0.200. The minimum absolute atomic E-state index is 0.0464. The van der Waals surface area contributed by atoms with Crippen molar-refractivity contribution in [2.24, 2.45) is 0 Å². The lowest BCUT2D eigenvalue weighted by atomic mass is 9.99. The zero-order valence-corrected chi connectivity index (χ0v) is 18.4. The second kappa shape index (κ2) is 8.95. The fourth-order valence-corrected chi connectivity index (χ4v) is 4.17. The summed E-state index contributed by atoms with van der Waals surface area (Å²) in [4.78, 5) is 27.6. The van der Waals surface area contributed by atoms with Crippen LogP contribution in [0.4, 0.5) is 30.2 Å². The molecule has 0 aromatic heterocycles. The van der Waals surface area contributed by atoms with E-state index in [0.717, 1.165) is 30.3 Å². The zero-order valence-electron chi connectivity index (χ0n) is 18.4. The quantitative estimate of drug-likeness (QED) is 0.508. The summed E-state index contributed by atoms with van der Waals surface area (Å²) < 4.78 is 41.7. The van der Waals surface area contributed by atoms with Crippen molar-refractivity contribution in [2.45, 2.75) is 6.36 Å². The first-order valence-electron chi connectivity index (χ1n) is 11.0. The normalized spacial score (nSPS) is 15.3. The van der Waals surface area contributed by atoms with E-state index in [0.29, 0.717) is 35.6 Å². The molecule has 0 aliphatic carbocycles. The van der Waals surface area contributed by atoms with Crippen LogP contribution in [0.15, 0.2) is 60.7 Å². The van der Waals surface area contributed by atoms with Crippen LogP contribution < -0.4 is 20.7 Å². The Balaban J connectivity index is 1.42. The van der Waals surface area contributed by atoms with Gasteiger partial charge in [0.1, 0.15) is 5.75 Å². The Labute approximate surface area is 198 Å². The second-order valence-electron chi connectivity index (χ2n) is 8.22. The Morgan fingerprint density at radius 1 is 0.857 bits per heavy atom. The number of ether oxygens (including phenoxy) is 1. The molecule has 0 saturated carbocycles. The predicted octanol–water partition coefficient (Wildman–Crippen LogP) is 4.61. The number of fused-ring (bicyclic) bond motifs is 2. The molecule has 3 aromatic carbocycles. The summed E-state index contributed by atoms with van der Waals surface area (Å²) in [5.41, 5.74) is 3.47. The van der Waals surface area contributed by atoms with E-state index in [9.17, 15) is 22.8 Å². The highest BCUT2D eigenvalue weighted by Crippen LogP contribution is 2.37. The summed E-state index contributed by atoms with van der Waals surface area (Å²) >= 11 is 0. The molecule has 2 amide bonds. The summed E-state index contributed by atoms with van der Waals surface area (Å²) in [5, 5.41) is 8.95. The minimum atomic E-state index is -4.84. The molecule has 1 fully saturated rings. The van der Waals surface area contributed by atoms with Gasteiger partial charge in [0.15, 0.2) is 0 Å². The first-order valence-corrected chi connectivity index (χ1v) is 11.0. The summed E-state index contributed by atoms with van der Waals surface area (Å²) in [7, 11) is 0. The monoisotopic (exact) mass is 482 g/mol. The molecule has 2 aliphatic rings. The molecule has 0 unspecified atom stereocenters. The molecule has 35 heavy (non-hydrogen) atoms. The van der Waals surface area contributed by atoms with Gasteiger partial charge in [-0.2, -0.15) is 0 Å². The zero-order chi connectivity index (χ0) is 24.6. The summed E-state index contributed by atoms with van der Waals surface area (Å²) in [5.74, 6) is -0.962. The molecule has 2 aliphatic heterocycles. The van der Waals surface area contributed by atoms with E-state index in [4.69, 9.17) is 0 Å². The number of anilines is 3. The minimum Gasteiger partial charge on any atom is -0.406 e. The molecule has 0 radical (unpaired) electrons. The maximum absolute atomic E-state index is 12.9. The predicted molar refractivity (Wildman–Crippen MR) is 125 cm³/mol. The van der Waals surface area contributed by atoms with E-state index >= 15 is 0 Å². The molecular formula is C25H21F3N4O3. The number of benzene rings is 3. The standard InChI is InChI=1S/C25H21F3N4O3/c26-25(27,28)35-18-5-7-21-22(14-18)31-23(33)19-13-16(4-6-20(19)30-21)15-2-1-3-17(12-15)24(34)32-10-8-29-9-11-32/h1-7,12-14,29-30H,8-11H2,(H,31,33). The Bertz CT molecular complexity index is 1300. The SMILES string of the molecule is O=C1Nc2cc(OC(F)(F)F)ccc2Nc2ccc(-c3cccc(C(=O)N4CCNCC4)c3)cc21. The number of nitrogens with one attached hydrogen (secondary N) is 3. The van der Waals surface area contributed by atoms with Gasteiger partial charge in [-0.25, -0.2) is 0 Å². The van der Waals surface area contributed by atoms with E-state index in [1.165, 1.54) is 12.1 Å². The van der Waals surface area contributed by atoms with Gasteiger partial charge in [-0.05, 0) is 47.5 Å². The van der Waals surface area contributed by atoms with Crippen LogP contribution in [0.2, 0.25) is 0 Å². The van der Waals surface area contributed by atoms with Gasteiger partial charge >= 0.3 is 6.36 Å². The summed E-state index contributed by atoms with van der Waals surface area (Å²) in [6.07, 6.45) is -4.84. The number of piperazine rings is 1. The molecule has 0 bridgehead atoms. The van der Waals surface area contributed by atoms with Crippen molar-refractivity contribution in [3.8, 4) is 16.9 Å². The molecule has 0 atom stereocenters. The molecule has 0 spiro atoms. The molecular weight excluding hydrogens is 461 g/mol. The largest absolute Gasteiger partial charge is 0.573 e. The second-order valence-corrected chi connectivity index (χ2v) is 8.22. The number of nitrogens with zero attached hydrogens (tertiary/aromatic N) is 1. The maximum Gasteiger partial charge on any atom is 0.573 e. The van der Waals surface area contributed by atoms with Crippen LogP contribution >= 0.6 is 0 Å². The highest BCUT2D eigenvalue weighted by molar-refractivity contribution is 6.13. The molecule has 2 heterocycles. The van der Waals surface area contributed by atoms with Crippen molar-refractivity contribution in [3.63, 3.8) is 0 Å². The summed E-state index contributed by atoms with van der Waals surface area (Å²) in [6, 6.07) is 16.1. The van der Waals surface area contributed by atoms with Crippen molar-refractivity contribution >= 4 is 28.9 Å². The number of amides is 2. The smallest absolute Gasteiger partial charge is 0.406 e. The number of alkyl halides is 3. The van der Waals surface area contributed by atoms with Gasteiger partial charge in [-0.3, -0.25) is 9.59 Å². The highest BCUT2D eigenvalue weighted by atomic mass is 19.4. The average Bonchev–Trinajstić information content (AvgIpc) is 2.98. The van der Waals surface area contributed by atoms with Gasteiger partial charge in [-0.1, -0.05) is 18.2 Å². The van der Waals surface area contributed by atoms with Crippen molar-refractivity contribution in [3.05, 3.63) is 71.8 Å². The van der Waals surface area contributed by atoms with Crippen LogP contribution in [-0.2, 0) is 0 Å². The third-order valence-electron chi connectivity index (χ3n) is 5.85. The van der Waals surface area contributed by atoms with E-state index in [1.54, 1.807) is 35.2 Å². The van der Waals surface area contributed by atoms with Crippen molar-refractivity contribution in [2.75, 3.05) is 36.8 Å². The van der Waals surface area contributed by atoms with Crippen molar-refractivity contribution < 1.29 is 27.5 Å². The first-order chi connectivity index (χ1) is 16.8. The number of hydrogen-bond donors (Lipinski definition) is 3. The van der Waals surface area contributed by atoms with E-state index in [2.05, 4.69) is 20.7 Å². The molecule has 180 valence electrons. The fourth-order valence-electron chi connectivity index (χ4n) is 4.17. The van der Waals surface area contributed by atoms with E-state index < -0.39 is 18.0 Å². The third kappa shape index (κ3) is 4.92. The van der Waals surface area contributed by atoms with Crippen LogP contribution in [-0.4, -0.2) is 49.3 Å². The lowest BCUT2D eigenvalue weighted by Gasteiger charge is -2.27. The Morgan fingerprint density at radius 3 is 2.37 bits per heavy atom. The highest BCUT2D eigenvalue weighted by Gasteiger charge is 2.31. The lowest BCUT2D eigenvalue weighted by Crippen LogP contribution is -2.46. The van der Waals surface area contributed by atoms with Gasteiger partial charge in [0, 0.05) is 37.8 Å². The molecule has 7 nitrogen and oxygen atoms in total. The van der Waals surface area contributed by atoms with Crippen molar-refractivity contribution in [1.82, 2.24) is 10.2 Å². The van der Waals surface area contributed by atoms with Gasteiger partial charge in [-0.15, -0.1) is 13.2 Å². The van der Waals surface area contributed by atoms with Gasteiger partial charge < -0.3 is 25.6 Å². The van der Waals surface area contributed by atoms with Gasteiger partial charge in [0.25, 0.3) is 11.8 Å². The topological polar surface area (TPSA) is 82.7 Å². The van der Waals surface area contributed by atoms with Gasteiger partial charge in [0.2, 0.25) is 0 Å². The third-order valence-corrected chi connectivity index (χ3v) is 5.85. The lowest BCUT2D eigenvalue weighted by molar-refractivity contribution is -0.274. The number of rotatable bonds is 3. The van der Waals surface area contributed by atoms with E-state index in [1.807, 2.05) is 12.1 Å². The van der Waals surface area contributed by atoms with Crippen molar-refractivity contribution in [1.29, 1.82) is 0 Å². The van der Waals surface area contributed by atoms with Crippen LogP contribution in [0.3, 0.4) is 0 Å². The molecule has 10 heteroatoms. The number of halogens is 3. The molecule has 3 N–H and O–H groups in total. The van der Waals surface area contributed by atoms with Gasteiger partial charge in [0.05, 0.1) is 22.6 Å².